The van der Waals surface area contributed by atoms with Gasteiger partial charge >= 0.3 is 0 Å². The van der Waals surface area contributed by atoms with Crippen molar-refractivity contribution in [2.45, 2.75) is 19.9 Å². The highest BCUT2D eigenvalue weighted by atomic mass is 16.6. The second-order valence-electron chi connectivity index (χ2n) is 4.68. The van der Waals surface area contributed by atoms with E-state index in [1.807, 2.05) is 24.3 Å². The highest BCUT2D eigenvalue weighted by Gasteiger charge is 2.13. The molecule has 1 aromatic carbocycles. The van der Waals surface area contributed by atoms with Crippen molar-refractivity contribution >= 4 is 16.7 Å². The molecule has 4 heteroatoms. The van der Waals surface area contributed by atoms with Crippen LogP contribution in [0.15, 0.2) is 24.3 Å². The van der Waals surface area contributed by atoms with E-state index in [-0.39, 0.29) is 0 Å². The van der Waals surface area contributed by atoms with E-state index >= 15 is 0 Å². The van der Waals surface area contributed by atoms with Gasteiger partial charge in [0.25, 0.3) is 0 Å². The number of hydrogen-bond donors (Lipinski definition) is 1. The number of fused-ring (bicyclic) bond motifs is 2. The van der Waals surface area contributed by atoms with Crippen LogP contribution in [-0.4, -0.2) is 24.2 Å². The zero-order valence-corrected chi connectivity index (χ0v) is 10.6. The SMILES string of the molecule is CC(C)Nc1ccc2cc3c(cc2n1)OCCO3. The zero-order chi connectivity index (χ0) is 12.5. The molecule has 1 aromatic heterocycles. The van der Waals surface area contributed by atoms with Crippen LogP contribution in [-0.2, 0) is 0 Å². The van der Waals surface area contributed by atoms with Crippen LogP contribution < -0.4 is 14.8 Å². The molecule has 18 heavy (non-hydrogen) atoms. The molecule has 2 aromatic rings. The van der Waals surface area contributed by atoms with Crippen molar-refractivity contribution in [2.75, 3.05) is 18.5 Å². The quantitative estimate of drug-likeness (QED) is 0.882. The minimum Gasteiger partial charge on any atom is -0.486 e. The Morgan fingerprint density at radius 3 is 2.56 bits per heavy atom. The standard InChI is InChI=1S/C14H16N2O2/c1-9(2)15-14-4-3-10-7-12-13(8-11(10)16-14)18-6-5-17-12/h3-4,7-9H,5-6H2,1-2H3,(H,15,16). The highest BCUT2D eigenvalue weighted by Crippen LogP contribution is 2.34. The largest absolute Gasteiger partial charge is 0.486 e. The normalized spacial score (nSPS) is 13.9. The van der Waals surface area contributed by atoms with Crippen LogP contribution in [0, 0.1) is 0 Å². The minimum absolute atomic E-state index is 0.368. The summed E-state index contributed by atoms with van der Waals surface area (Å²) >= 11 is 0. The van der Waals surface area contributed by atoms with Crippen molar-refractivity contribution in [1.29, 1.82) is 0 Å². The number of benzene rings is 1. The number of hydrogen-bond acceptors (Lipinski definition) is 4. The molecule has 0 radical (unpaired) electrons. The van der Waals surface area contributed by atoms with Crippen LogP contribution in [0.25, 0.3) is 10.9 Å². The molecule has 0 aliphatic carbocycles. The van der Waals surface area contributed by atoms with Gasteiger partial charge in [-0.05, 0) is 32.0 Å². The van der Waals surface area contributed by atoms with Crippen LogP contribution >= 0.6 is 0 Å². The fourth-order valence-corrected chi connectivity index (χ4v) is 2.04. The lowest BCUT2D eigenvalue weighted by atomic mass is 10.2. The maximum absolute atomic E-state index is 5.57. The second kappa shape index (κ2) is 4.37. The van der Waals surface area contributed by atoms with Crippen molar-refractivity contribution in [3.05, 3.63) is 24.3 Å². The van der Waals surface area contributed by atoms with Gasteiger partial charge in [-0.3, -0.25) is 0 Å². The molecule has 0 saturated heterocycles. The summed E-state index contributed by atoms with van der Waals surface area (Å²) in [6.07, 6.45) is 0. The Morgan fingerprint density at radius 2 is 1.83 bits per heavy atom. The van der Waals surface area contributed by atoms with E-state index in [1.165, 1.54) is 0 Å². The number of nitrogens with zero attached hydrogens (tertiary/aromatic N) is 1. The predicted octanol–water partition coefficient (Wildman–Crippen LogP) is 2.83. The van der Waals surface area contributed by atoms with Crippen molar-refractivity contribution in [3.63, 3.8) is 0 Å². The minimum atomic E-state index is 0.368. The number of pyridine rings is 1. The maximum Gasteiger partial charge on any atom is 0.163 e. The Labute approximate surface area is 106 Å². The number of rotatable bonds is 2. The first kappa shape index (κ1) is 11.1. The number of anilines is 1. The van der Waals surface area contributed by atoms with Gasteiger partial charge in [0.2, 0.25) is 0 Å². The molecule has 4 nitrogen and oxygen atoms in total. The smallest absolute Gasteiger partial charge is 0.163 e. The summed E-state index contributed by atoms with van der Waals surface area (Å²) in [6, 6.07) is 8.32. The molecule has 2 heterocycles. The topological polar surface area (TPSA) is 43.4 Å². The lowest BCUT2D eigenvalue weighted by Crippen LogP contribution is -2.15. The van der Waals surface area contributed by atoms with Gasteiger partial charge in [0.15, 0.2) is 11.5 Å². The van der Waals surface area contributed by atoms with Gasteiger partial charge in [-0.25, -0.2) is 4.98 Å². The number of ether oxygens (including phenoxy) is 2. The summed E-state index contributed by atoms with van der Waals surface area (Å²) in [5, 5.41) is 4.36. The fraction of sp³-hybridized carbons (Fsp3) is 0.357. The Balaban J connectivity index is 2.05. The third kappa shape index (κ3) is 2.06. The molecular formula is C14H16N2O2. The van der Waals surface area contributed by atoms with Crippen LogP contribution in [0.3, 0.4) is 0 Å². The van der Waals surface area contributed by atoms with Crippen molar-refractivity contribution in [2.24, 2.45) is 0 Å². The number of nitrogens with one attached hydrogen (secondary N) is 1. The molecule has 0 bridgehead atoms. The van der Waals surface area contributed by atoms with Crippen LogP contribution in [0.5, 0.6) is 11.5 Å². The Kier molecular flexibility index (Phi) is 2.70. The Morgan fingerprint density at radius 1 is 1.11 bits per heavy atom. The Bertz CT molecular complexity index is 581. The molecule has 1 aliphatic heterocycles. The van der Waals surface area contributed by atoms with E-state index in [2.05, 4.69) is 24.1 Å². The Hall–Kier alpha value is -1.97. The molecule has 1 aliphatic rings. The third-order valence-electron chi connectivity index (χ3n) is 2.79. The van der Waals surface area contributed by atoms with Crippen LogP contribution in [0.4, 0.5) is 5.82 Å². The molecule has 0 unspecified atom stereocenters. The van der Waals surface area contributed by atoms with E-state index in [0.29, 0.717) is 19.3 Å². The molecule has 0 amide bonds. The molecule has 0 spiro atoms. The lowest BCUT2D eigenvalue weighted by molar-refractivity contribution is 0.172. The van der Waals surface area contributed by atoms with Gasteiger partial charge in [0.1, 0.15) is 19.0 Å². The first-order chi connectivity index (χ1) is 8.72. The summed E-state index contributed by atoms with van der Waals surface area (Å²) < 4.78 is 11.1. The first-order valence-corrected chi connectivity index (χ1v) is 6.19. The fourth-order valence-electron chi connectivity index (χ4n) is 2.04. The molecule has 0 fully saturated rings. The molecule has 1 N–H and O–H groups in total. The van der Waals surface area contributed by atoms with Crippen molar-refractivity contribution < 1.29 is 9.47 Å². The van der Waals surface area contributed by atoms with Crippen molar-refractivity contribution in [1.82, 2.24) is 4.98 Å². The van der Waals surface area contributed by atoms with E-state index in [0.717, 1.165) is 28.2 Å². The van der Waals surface area contributed by atoms with E-state index in [4.69, 9.17) is 9.47 Å². The molecule has 3 rings (SSSR count). The molecule has 94 valence electrons. The molecule has 0 atom stereocenters. The highest BCUT2D eigenvalue weighted by molar-refractivity contribution is 5.84. The summed E-state index contributed by atoms with van der Waals surface area (Å²) in [6.45, 7) is 5.40. The van der Waals surface area contributed by atoms with Gasteiger partial charge in [0, 0.05) is 17.5 Å². The van der Waals surface area contributed by atoms with Gasteiger partial charge in [0.05, 0.1) is 5.52 Å². The lowest BCUT2D eigenvalue weighted by Gasteiger charge is -2.19. The van der Waals surface area contributed by atoms with Gasteiger partial charge in [-0.2, -0.15) is 0 Å². The molecular weight excluding hydrogens is 228 g/mol. The summed E-state index contributed by atoms with van der Waals surface area (Å²) in [5.41, 5.74) is 0.921. The van der Waals surface area contributed by atoms with Gasteiger partial charge in [-0.1, -0.05) is 0 Å². The van der Waals surface area contributed by atoms with Crippen LogP contribution in [0.1, 0.15) is 13.8 Å². The van der Waals surface area contributed by atoms with E-state index in [1.54, 1.807) is 0 Å². The predicted molar refractivity (Wildman–Crippen MR) is 71.5 cm³/mol. The number of aromatic nitrogens is 1. The van der Waals surface area contributed by atoms with Crippen molar-refractivity contribution in [3.8, 4) is 11.5 Å². The first-order valence-electron chi connectivity index (χ1n) is 6.19. The van der Waals surface area contributed by atoms with Gasteiger partial charge < -0.3 is 14.8 Å². The molecule has 0 saturated carbocycles. The average molecular weight is 244 g/mol. The maximum atomic E-state index is 5.57. The summed E-state index contributed by atoms with van der Waals surface area (Å²) in [5.74, 6) is 2.47. The summed E-state index contributed by atoms with van der Waals surface area (Å²) in [7, 11) is 0. The van der Waals surface area contributed by atoms with E-state index < -0.39 is 0 Å². The third-order valence-corrected chi connectivity index (χ3v) is 2.79. The summed E-state index contributed by atoms with van der Waals surface area (Å²) in [4.78, 5) is 4.58. The second-order valence-corrected chi connectivity index (χ2v) is 4.68. The van der Waals surface area contributed by atoms with Gasteiger partial charge in [-0.15, -0.1) is 0 Å². The van der Waals surface area contributed by atoms with E-state index in [9.17, 15) is 0 Å². The monoisotopic (exact) mass is 244 g/mol. The van der Waals surface area contributed by atoms with Crippen LogP contribution in [0.2, 0.25) is 0 Å². The average Bonchev–Trinajstić information content (AvgIpc) is 2.35. The zero-order valence-electron chi connectivity index (χ0n) is 10.6.